The molecular formula is C5H10O2. The molecule has 0 spiro atoms. The topological polar surface area (TPSA) is 37.3 Å². The zero-order valence-corrected chi connectivity index (χ0v) is 4.43. The summed E-state index contributed by atoms with van der Waals surface area (Å²) in [7, 11) is 0. The zero-order chi connectivity index (χ0) is 7.65. The SMILES string of the molecule is [2H]C([2H])(C(=O)O)C(C)C. The summed E-state index contributed by atoms with van der Waals surface area (Å²) in [6.45, 7) is 3.07. The first-order valence-corrected chi connectivity index (χ1v) is 2.12. The van der Waals surface area contributed by atoms with E-state index in [4.69, 9.17) is 7.85 Å². The summed E-state index contributed by atoms with van der Waals surface area (Å²) in [6.07, 6.45) is -2.08. The Balaban J connectivity index is 4.19. The third-order valence-corrected chi connectivity index (χ3v) is 0.412. The second kappa shape index (κ2) is 2.61. The van der Waals surface area contributed by atoms with E-state index in [9.17, 15) is 4.79 Å². The summed E-state index contributed by atoms with van der Waals surface area (Å²) in [5.74, 6) is -1.87. The molecule has 0 aromatic heterocycles. The largest absolute Gasteiger partial charge is 0.481 e. The first-order valence-electron chi connectivity index (χ1n) is 3.12. The first-order chi connectivity index (χ1) is 3.89. The zero-order valence-electron chi connectivity index (χ0n) is 6.43. The van der Waals surface area contributed by atoms with Crippen molar-refractivity contribution in [3.05, 3.63) is 0 Å². The highest BCUT2D eigenvalue weighted by Gasteiger charge is 1.98. The summed E-state index contributed by atoms with van der Waals surface area (Å²) in [6, 6.07) is 0. The molecule has 42 valence electrons. The fraction of sp³-hybridized carbons (Fsp3) is 0.800. The molecule has 7 heavy (non-hydrogen) atoms. The monoisotopic (exact) mass is 104 g/mol. The van der Waals surface area contributed by atoms with Gasteiger partial charge in [-0.25, -0.2) is 0 Å². The van der Waals surface area contributed by atoms with Crippen molar-refractivity contribution in [2.75, 3.05) is 0 Å². The van der Waals surface area contributed by atoms with E-state index in [-0.39, 0.29) is 0 Å². The summed E-state index contributed by atoms with van der Waals surface area (Å²) in [4.78, 5) is 10.1. The minimum atomic E-state index is -2.08. The van der Waals surface area contributed by atoms with Crippen molar-refractivity contribution in [3.63, 3.8) is 0 Å². The van der Waals surface area contributed by atoms with Gasteiger partial charge in [-0.15, -0.1) is 0 Å². The number of hydrogen-bond donors (Lipinski definition) is 1. The van der Waals surface area contributed by atoms with Gasteiger partial charge in [0.15, 0.2) is 0 Å². The van der Waals surface area contributed by atoms with Crippen molar-refractivity contribution < 1.29 is 12.6 Å². The van der Waals surface area contributed by atoms with Crippen LogP contribution < -0.4 is 0 Å². The van der Waals surface area contributed by atoms with Gasteiger partial charge in [0.25, 0.3) is 0 Å². The number of aliphatic carboxylic acids is 1. The van der Waals surface area contributed by atoms with E-state index in [1.165, 1.54) is 13.8 Å². The maximum absolute atomic E-state index is 10.1. The molecule has 0 rings (SSSR count). The Hall–Kier alpha value is -0.530. The average molecular weight is 104 g/mol. The molecule has 0 fully saturated rings. The first kappa shape index (κ1) is 3.47. The fourth-order valence-corrected chi connectivity index (χ4v) is 0.247. The predicted molar refractivity (Wildman–Crippen MR) is 27.1 cm³/mol. The standard InChI is InChI=1S/C5H10O2/c1-4(2)3-5(6)7/h4H,3H2,1-2H3,(H,6,7)/i3D2. The minimum absolute atomic E-state index is 0.477. The van der Waals surface area contributed by atoms with Crippen LogP contribution in [-0.4, -0.2) is 11.1 Å². The van der Waals surface area contributed by atoms with Crippen LogP contribution in [0.1, 0.15) is 23.0 Å². The fourth-order valence-electron chi connectivity index (χ4n) is 0.247. The highest BCUT2D eigenvalue weighted by molar-refractivity contribution is 5.66. The van der Waals surface area contributed by atoms with Crippen LogP contribution in [0.4, 0.5) is 0 Å². The van der Waals surface area contributed by atoms with E-state index in [2.05, 4.69) is 0 Å². The lowest BCUT2D eigenvalue weighted by Crippen LogP contribution is -1.99. The molecule has 0 aliphatic heterocycles. The van der Waals surface area contributed by atoms with Crippen molar-refractivity contribution >= 4 is 5.97 Å². The molecular weight excluding hydrogens is 92.1 g/mol. The Morgan fingerprint density at radius 2 is 2.43 bits per heavy atom. The van der Waals surface area contributed by atoms with Gasteiger partial charge in [-0.3, -0.25) is 4.79 Å². The van der Waals surface area contributed by atoms with E-state index in [1.807, 2.05) is 0 Å². The normalized spacial score (nSPS) is 15.9. The van der Waals surface area contributed by atoms with Crippen LogP contribution in [0.3, 0.4) is 0 Å². The van der Waals surface area contributed by atoms with Gasteiger partial charge < -0.3 is 5.11 Å². The molecule has 0 saturated heterocycles. The maximum Gasteiger partial charge on any atom is 0.303 e. The summed E-state index contributed by atoms with van der Waals surface area (Å²) in [5.41, 5.74) is 0. The van der Waals surface area contributed by atoms with Crippen LogP contribution >= 0.6 is 0 Å². The number of carboxylic acid groups (broad SMARTS) is 1. The predicted octanol–water partition coefficient (Wildman–Crippen LogP) is 1.12. The highest BCUT2D eigenvalue weighted by atomic mass is 16.4. The van der Waals surface area contributed by atoms with Crippen molar-refractivity contribution in [1.29, 1.82) is 0 Å². The third-order valence-electron chi connectivity index (χ3n) is 0.412. The van der Waals surface area contributed by atoms with Crippen molar-refractivity contribution in [2.45, 2.75) is 20.2 Å². The van der Waals surface area contributed by atoms with Gasteiger partial charge in [-0.05, 0) is 5.92 Å². The lowest BCUT2D eigenvalue weighted by Gasteiger charge is -1.94. The molecule has 1 N–H and O–H groups in total. The molecule has 0 radical (unpaired) electrons. The molecule has 0 aromatic carbocycles. The van der Waals surface area contributed by atoms with Gasteiger partial charge in [-0.2, -0.15) is 0 Å². The number of carbonyl (C=O) groups is 1. The molecule has 0 aliphatic carbocycles. The molecule has 0 saturated carbocycles. The Morgan fingerprint density at radius 3 is 2.43 bits per heavy atom. The molecule has 0 unspecified atom stereocenters. The lowest BCUT2D eigenvalue weighted by molar-refractivity contribution is -0.137. The Morgan fingerprint density at radius 1 is 2.00 bits per heavy atom. The van der Waals surface area contributed by atoms with Gasteiger partial charge in [-0.1, -0.05) is 13.8 Å². The van der Waals surface area contributed by atoms with E-state index in [0.717, 1.165) is 0 Å². The number of carboxylic acids is 1. The molecule has 0 heterocycles. The van der Waals surface area contributed by atoms with Crippen molar-refractivity contribution in [3.8, 4) is 0 Å². The van der Waals surface area contributed by atoms with E-state index in [1.54, 1.807) is 0 Å². The van der Waals surface area contributed by atoms with Crippen LogP contribution in [-0.2, 0) is 4.79 Å². The molecule has 0 aliphatic rings. The maximum atomic E-state index is 10.1. The summed E-state index contributed by atoms with van der Waals surface area (Å²) in [5, 5.41) is 8.24. The second-order valence-corrected chi connectivity index (χ2v) is 1.60. The van der Waals surface area contributed by atoms with Crippen molar-refractivity contribution in [1.82, 2.24) is 0 Å². The molecule has 2 nitrogen and oxygen atoms in total. The number of hydrogen-bond acceptors (Lipinski definition) is 1. The Kier molecular flexibility index (Phi) is 1.29. The molecule has 0 atom stereocenters. The lowest BCUT2D eigenvalue weighted by atomic mass is 10.1. The summed E-state index contributed by atoms with van der Waals surface area (Å²) < 4.78 is 13.8. The van der Waals surface area contributed by atoms with Gasteiger partial charge in [0.2, 0.25) is 0 Å². The quantitative estimate of drug-likeness (QED) is 0.570. The van der Waals surface area contributed by atoms with E-state index in [0.29, 0.717) is 0 Å². The average Bonchev–Trinajstić information content (AvgIpc) is 1.65. The van der Waals surface area contributed by atoms with Crippen LogP contribution in [0.25, 0.3) is 0 Å². The molecule has 0 amide bonds. The second-order valence-electron chi connectivity index (χ2n) is 1.60. The Labute approximate surface area is 46.0 Å². The van der Waals surface area contributed by atoms with Gasteiger partial charge >= 0.3 is 5.97 Å². The van der Waals surface area contributed by atoms with Gasteiger partial charge in [0.05, 0.1) is 0 Å². The van der Waals surface area contributed by atoms with Crippen LogP contribution in [0.2, 0.25) is 0 Å². The molecule has 0 bridgehead atoms. The third kappa shape index (κ3) is 5.47. The highest BCUT2D eigenvalue weighted by Crippen LogP contribution is 1.96. The Bertz CT molecular complexity index is 120. The van der Waals surface area contributed by atoms with Crippen LogP contribution in [0, 0.1) is 5.92 Å². The summed E-state index contributed by atoms with van der Waals surface area (Å²) >= 11 is 0. The van der Waals surface area contributed by atoms with Crippen molar-refractivity contribution in [2.24, 2.45) is 5.92 Å². The molecule has 2 heteroatoms. The van der Waals surface area contributed by atoms with Gasteiger partial charge in [0.1, 0.15) is 0 Å². The molecule has 0 aromatic rings. The smallest absolute Gasteiger partial charge is 0.303 e. The number of rotatable bonds is 2. The van der Waals surface area contributed by atoms with Gasteiger partial charge in [0, 0.05) is 9.11 Å². The van der Waals surface area contributed by atoms with E-state index < -0.39 is 18.3 Å². The minimum Gasteiger partial charge on any atom is -0.481 e. The van der Waals surface area contributed by atoms with Crippen LogP contribution in [0.5, 0.6) is 0 Å². The van der Waals surface area contributed by atoms with E-state index >= 15 is 0 Å². The van der Waals surface area contributed by atoms with Crippen LogP contribution in [0.15, 0.2) is 0 Å².